The molecule has 0 aromatic heterocycles. The van der Waals surface area contributed by atoms with Crippen LogP contribution in [-0.2, 0) is 0 Å². The van der Waals surface area contributed by atoms with Crippen LogP contribution < -0.4 is 10.6 Å². The molecule has 0 radical (unpaired) electrons. The Morgan fingerprint density at radius 3 is 2.43 bits per heavy atom. The molecule has 2 atom stereocenters. The van der Waals surface area contributed by atoms with E-state index in [9.17, 15) is 9.90 Å². The highest BCUT2D eigenvalue weighted by Gasteiger charge is 2.21. The van der Waals surface area contributed by atoms with Crippen LogP contribution in [0, 0.1) is 11.8 Å². The molecule has 0 aromatic carbocycles. The first-order chi connectivity index (χ1) is 9.92. The lowest BCUT2D eigenvalue weighted by Gasteiger charge is -2.35. The van der Waals surface area contributed by atoms with Crippen molar-refractivity contribution in [3.8, 4) is 0 Å². The number of carbonyl (C=O) groups excluding carboxylic acids is 1. The third-order valence-electron chi connectivity index (χ3n) is 4.31. The number of amides is 2. The van der Waals surface area contributed by atoms with Gasteiger partial charge in [0, 0.05) is 12.6 Å². The van der Waals surface area contributed by atoms with Crippen LogP contribution >= 0.6 is 0 Å². The largest absolute Gasteiger partial charge is 0.394 e. The molecule has 2 unspecified atom stereocenters. The number of hydrogen-bond donors (Lipinski definition) is 3. The van der Waals surface area contributed by atoms with Crippen LogP contribution in [-0.4, -0.2) is 54.4 Å². The summed E-state index contributed by atoms with van der Waals surface area (Å²) in [4.78, 5) is 14.3. The number of rotatable bonds is 7. The van der Waals surface area contributed by atoms with E-state index in [4.69, 9.17) is 0 Å². The molecule has 0 spiro atoms. The molecule has 0 bridgehead atoms. The highest BCUT2D eigenvalue weighted by molar-refractivity contribution is 5.74. The van der Waals surface area contributed by atoms with Gasteiger partial charge < -0.3 is 15.7 Å². The molecule has 3 N–H and O–H groups in total. The second-order valence-electron chi connectivity index (χ2n) is 6.93. The van der Waals surface area contributed by atoms with E-state index in [0.717, 1.165) is 25.4 Å². The lowest BCUT2D eigenvalue weighted by atomic mass is 9.98. The van der Waals surface area contributed by atoms with Gasteiger partial charge >= 0.3 is 6.03 Å². The number of hydrogen-bond acceptors (Lipinski definition) is 3. The highest BCUT2D eigenvalue weighted by atomic mass is 16.3. The highest BCUT2D eigenvalue weighted by Crippen LogP contribution is 2.17. The van der Waals surface area contributed by atoms with Crippen molar-refractivity contribution < 1.29 is 9.90 Å². The summed E-state index contributed by atoms with van der Waals surface area (Å²) in [6, 6.07) is 0.0315. The minimum Gasteiger partial charge on any atom is -0.394 e. The molecule has 5 nitrogen and oxygen atoms in total. The minimum absolute atomic E-state index is 0.00876. The fraction of sp³-hybridized carbons (Fsp3) is 0.938. The molecule has 1 heterocycles. The fourth-order valence-corrected chi connectivity index (χ4v) is 2.82. The van der Waals surface area contributed by atoms with Crippen molar-refractivity contribution in [1.29, 1.82) is 0 Å². The van der Waals surface area contributed by atoms with E-state index >= 15 is 0 Å². The smallest absolute Gasteiger partial charge is 0.315 e. The van der Waals surface area contributed by atoms with Crippen LogP contribution in [0.5, 0.6) is 0 Å². The maximum Gasteiger partial charge on any atom is 0.315 e. The third kappa shape index (κ3) is 7.14. The SMILES string of the molecule is CC(C)CC(CO)NC(=O)NCC(C)N1CCC(C)CC1. The quantitative estimate of drug-likeness (QED) is 0.672. The molecule has 21 heavy (non-hydrogen) atoms. The van der Waals surface area contributed by atoms with E-state index in [-0.39, 0.29) is 18.7 Å². The Balaban J connectivity index is 2.25. The summed E-state index contributed by atoms with van der Waals surface area (Å²) >= 11 is 0. The second-order valence-corrected chi connectivity index (χ2v) is 6.93. The van der Waals surface area contributed by atoms with Crippen LogP contribution in [0.1, 0.15) is 47.0 Å². The zero-order chi connectivity index (χ0) is 15.8. The van der Waals surface area contributed by atoms with Crippen molar-refractivity contribution in [3.63, 3.8) is 0 Å². The number of nitrogens with zero attached hydrogens (tertiary/aromatic N) is 1. The van der Waals surface area contributed by atoms with Gasteiger partial charge in [-0.05, 0) is 51.1 Å². The summed E-state index contributed by atoms with van der Waals surface area (Å²) in [6.45, 7) is 11.5. The predicted octanol–water partition coefficient (Wildman–Crippen LogP) is 1.81. The van der Waals surface area contributed by atoms with Gasteiger partial charge in [0.25, 0.3) is 0 Å². The van der Waals surface area contributed by atoms with Crippen LogP contribution in [0.2, 0.25) is 0 Å². The Morgan fingerprint density at radius 1 is 1.29 bits per heavy atom. The van der Waals surface area contributed by atoms with Crippen molar-refractivity contribution >= 4 is 6.03 Å². The van der Waals surface area contributed by atoms with Gasteiger partial charge in [0.15, 0.2) is 0 Å². The van der Waals surface area contributed by atoms with E-state index in [1.54, 1.807) is 0 Å². The topological polar surface area (TPSA) is 64.6 Å². The molecule has 124 valence electrons. The summed E-state index contributed by atoms with van der Waals surface area (Å²) in [5, 5.41) is 15.1. The molecule has 1 saturated heterocycles. The number of aliphatic hydroxyl groups excluding tert-OH is 1. The van der Waals surface area contributed by atoms with Gasteiger partial charge in [-0.2, -0.15) is 0 Å². The summed E-state index contributed by atoms with van der Waals surface area (Å²) in [5.74, 6) is 1.28. The summed E-state index contributed by atoms with van der Waals surface area (Å²) < 4.78 is 0. The maximum absolute atomic E-state index is 11.9. The van der Waals surface area contributed by atoms with Gasteiger partial charge in [0.1, 0.15) is 0 Å². The van der Waals surface area contributed by atoms with E-state index in [1.807, 2.05) is 0 Å². The first-order valence-electron chi connectivity index (χ1n) is 8.31. The normalized spacial score (nSPS) is 20.3. The molecule has 2 amide bonds. The van der Waals surface area contributed by atoms with Crippen molar-refractivity contribution in [3.05, 3.63) is 0 Å². The van der Waals surface area contributed by atoms with E-state index in [1.165, 1.54) is 12.8 Å². The third-order valence-corrected chi connectivity index (χ3v) is 4.31. The molecule has 5 heteroatoms. The Labute approximate surface area is 129 Å². The molecule has 1 aliphatic rings. The van der Waals surface area contributed by atoms with E-state index in [0.29, 0.717) is 18.5 Å². The van der Waals surface area contributed by atoms with Gasteiger partial charge in [-0.25, -0.2) is 4.79 Å². The van der Waals surface area contributed by atoms with Gasteiger partial charge in [-0.15, -0.1) is 0 Å². The molecular weight excluding hydrogens is 266 g/mol. The molecule has 0 aliphatic carbocycles. The molecule has 0 saturated carbocycles. The molecular formula is C16H33N3O2. The molecule has 1 rings (SSSR count). The number of likely N-dealkylation sites (tertiary alicyclic amines) is 1. The number of nitrogens with one attached hydrogen (secondary N) is 2. The van der Waals surface area contributed by atoms with Crippen LogP contribution in [0.25, 0.3) is 0 Å². The predicted molar refractivity (Wildman–Crippen MR) is 86.3 cm³/mol. The number of urea groups is 1. The van der Waals surface area contributed by atoms with Crippen LogP contribution in [0.15, 0.2) is 0 Å². The van der Waals surface area contributed by atoms with E-state index < -0.39 is 0 Å². The van der Waals surface area contributed by atoms with Crippen molar-refractivity contribution in [2.75, 3.05) is 26.2 Å². The Kier molecular flexibility index (Phi) is 8.04. The first kappa shape index (κ1) is 18.2. The average molecular weight is 299 g/mol. The zero-order valence-electron chi connectivity index (χ0n) is 14.1. The lowest BCUT2D eigenvalue weighted by Crippen LogP contribution is -2.50. The summed E-state index contributed by atoms with van der Waals surface area (Å²) in [5.41, 5.74) is 0. The molecule has 1 aliphatic heterocycles. The van der Waals surface area contributed by atoms with Gasteiger partial charge in [-0.1, -0.05) is 20.8 Å². The lowest BCUT2D eigenvalue weighted by molar-refractivity contribution is 0.144. The Hall–Kier alpha value is -0.810. The van der Waals surface area contributed by atoms with Crippen molar-refractivity contribution in [2.45, 2.75) is 59.0 Å². The van der Waals surface area contributed by atoms with Crippen molar-refractivity contribution in [1.82, 2.24) is 15.5 Å². The maximum atomic E-state index is 11.9. The van der Waals surface area contributed by atoms with Gasteiger partial charge in [-0.3, -0.25) is 4.90 Å². The molecule has 1 fully saturated rings. The van der Waals surface area contributed by atoms with Crippen LogP contribution in [0.3, 0.4) is 0 Å². The summed E-state index contributed by atoms with van der Waals surface area (Å²) in [6.07, 6.45) is 3.29. The Morgan fingerprint density at radius 2 is 1.90 bits per heavy atom. The van der Waals surface area contributed by atoms with Crippen LogP contribution in [0.4, 0.5) is 4.79 Å². The van der Waals surface area contributed by atoms with Gasteiger partial charge in [0.2, 0.25) is 0 Å². The monoisotopic (exact) mass is 299 g/mol. The number of aliphatic hydroxyl groups is 1. The van der Waals surface area contributed by atoms with Crippen molar-refractivity contribution in [2.24, 2.45) is 11.8 Å². The Bertz CT molecular complexity index is 302. The second kappa shape index (κ2) is 9.26. The molecule has 0 aromatic rings. The number of carbonyl (C=O) groups is 1. The zero-order valence-corrected chi connectivity index (χ0v) is 14.1. The summed E-state index contributed by atoms with van der Waals surface area (Å²) in [7, 11) is 0. The standard InChI is InChI=1S/C16H33N3O2/c1-12(2)9-15(11-20)18-16(21)17-10-14(4)19-7-5-13(3)6-8-19/h12-15,20H,5-11H2,1-4H3,(H2,17,18,21). The first-order valence-corrected chi connectivity index (χ1v) is 8.31. The minimum atomic E-state index is -0.174. The number of piperidine rings is 1. The average Bonchev–Trinajstić information content (AvgIpc) is 2.44. The van der Waals surface area contributed by atoms with E-state index in [2.05, 4.69) is 43.2 Å². The van der Waals surface area contributed by atoms with Gasteiger partial charge in [0.05, 0.1) is 12.6 Å². The fourth-order valence-electron chi connectivity index (χ4n) is 2.82.